The minimum absolute atomic E-state index is 0.0118. The molecule has 0 unspecified atom stereocenters. The Morgan fingerprint density at radius 2 is 2.19 bits per heavy atom. The van der Waals surface area contributed by atoms with Gasteiger partial charge in [0.2, 0.25) is 0 Å². The van der Waals surface area contributed by atoms with Crippen molar-refractivity contribution < 1.29 is 14.5 Å². The molecular formula is C10H8ClNO4. The Labute approximate surface area is 96.2 Å². The summed E-state index contributed by atoms with van der Waals surface area (Å²) in [5, 5.41) is 10.7. The maximum absolute atomic E-state index is 11.4. The quantitative estimate of drug-likeness (QED) is 0.266. The van der Waals surface area contributed by atoms with Crippen LogP contribution in [-0.2, 0) is 0 Å². The van der Waals surface area contributed by atoms with E-state index in [2.05, 4.69) is 0 Å². The number of carbonyl (C=O) groups excluding carboxylic acids is 2. The average Bonchev–Trinajstić information content (AvgIpc) is 2.27. The van der Waals surface area contributed by atoms with Gasteiger partial charge >= 0.3 is 0 Å². The number of aryl methyl sites for hydroxylation is 1. The third-order valence-electron chi connectivity index (χ3n) is 2.11. The second-order valence-corrected chi connectivity index (χ2v) is 3.42. The van der Waals surface area contributed by atoms with Crippen molar-refractivity contribution in [2.45, 2.75) is 6.92 Å². The molecular weight excluding hydrogens is 234 g/mol. The summed E-state index contributed by atoms with van der Waals surface area (Å²) in [5.41, 5.74) is 0.244. The van der Waals surface area contributed by atoms with Crippen LogP contribution in [0.4, 0.5) is 5.69 Å². The summed E-state index contributed by atoms with van der Waals surface area (Å²) in [4.78, 5) is 32.1. The molecule has 0 aromatic heterocycles. The van der Waals surface area contributed by atoms with Crippen molar-refractivity contribution >= 4 is 29.4 Å². The van der Waals surface area contributed by atoms with Crippen LogP contribution in [0.25, 0.3) is 0 Å². The molecule has 0 aliphatic rings. The molecule has 1 aromatic rings. The molecule has 1 aromatic carbocycles. The molecule has 0 spiro atoms. The number of hydrogen-bond donors (Lipinski definition) is 0. The lowest BCUT2D eigenvalue weighted by Crippen LogP contribution is -2.07. The number of nitrogens with zero attached hydrogens (tertiary/aromatic N) is 1. The predicted molar refractivity (Wildman–Crippen MR) is 58.3 cm³/mol. The van der Waals surface area contributed by atoms with E-state index in [-0.39, 0.29) is 22.7 Å². The lowest BCUT2D eigenvalue weighted by atomic mass is 10.0. The van der Waals surface area contributed by atoms with E-state index in [1.54, 1.807) is 0 Å². The first kappa shape index (κ1) is 12.3. The van der Waals surface area contributed by atoms with Gasteiger partial charge in [0.15, 0.2) is 12.1 Å². The summed E-state index contributed by atoms with van der Waals surface area (Å²) >= 11 is 5.35. The number of benzene rings is 1. The lowest BCUT2D eigenvalue weighted by molar-refractivity contribution is -0.385. The first-order valence-electron chi connectivity index (χ1n) is 4.34. The largest absolute Gasteiger partial charge is 0.298 e. The normalized spacial score (nSPS) is 9.88. The van der Waals surface area contributed by atoms with E-state index >= 15 is 0 Å². The van der Waals surface area contributed by atoms with Crippen LogP contribution in [0.3, 0.4) is 0 Å². The van der Waals surface area contributed by atoms with Gasteiger partial charge in [-0.3, -0.25) is 19.7 Å². The SMILES string of the molecule is Cc1cc(C=O)c(C(=O)CCl)cc1[N+](=O)[O-]. The van der Waals surface area contributed by atoms with Crippen molar-refractivity contribution in [1.29, 1.82) is 0 Å². The summed E-state index contributed by atoms with van der Waals surface area (Å²) in [6, 6.07) is 2.40. The van der Waals surface area contributed by atoms with Crippen molar-refractivity contribution in [1.82, 2.24) is 0 Å². The highest BCUT2D eigenvalue weighted by molar-refractivity contribution is 6.31. The van der Waals surface area contributed by atoms with Gasteiger partial charge < -0.3 is 0 Å². The average molecular weight is 242 g/mol. The smallest absolute Gasteiger partial charge is 0.273 e. The number of nitro groups is 1. The number of ketones is 1. The van der Waals surface area contributed by atoms with Crippen LogP contribution in [0, 0.1) is 17.0 Å². The van der Waals surface area contributed by atoms with Crippen LogP contribution >= 0.6 is 11.6 Å². The van der Waals surface area contributed by atoms with Gasteiger partial charge in [0.1, 0.15) is 0 Å². The molecule has 0 N–H and O–H groups in total. The first-order chi connectivity index (χ1) is 7.51. The molecule has 0 atom stereocenters. The van der Waals surface area contributed by atoms with E-state index in [4.69, 9.17) is 11.6 Å². The minimum atomic E-state index is -0.602. The summed E-state index contributed by atoms with van der Waals surface area (Å²) in [6.45, 7) is 1.50. The van der Waals surface area contributed by atoms with Crippen molar-refractivity contribution in [3.63, 3.8) is 0 Å². The summed E-state index contributed by atoms with van der Waals surface area (Å²) in [6.07, 6.45) is 0.483. The number of carbonyl (C=O) groups is 2. The van der Waals surface area contributed by atoms with Crippen LogP contribution in [-0.4, -0.2) is 22.9 Å². The third-order valence-corrected chi connectivity index (χ3v) is 2.36. The van der Waals surface area contributed by atoms with Crippen molar-refractivity contribution in [2.24, 2.45) is 0 Å². The number of Topliss-reactive ketones (excluding diaryl/α,β-unsaturated/α-hetero) is 1. The number of rotatable bonds is 4. The van der Waals surface area contributed by atoms with Gasteiger partial charge in [0.05, 0.1) is 10.8 Å². The number of halogens is 1. The highest BCUT2D eigenvalue weighted by Gasteiger charge is 2.18. The summed E-state index contributed by atoms with van der Waals surface area (Å²) in [5.74, 6) is -0.826. The Morgan fingerprint density at radius 3 is 2.62 bits per heavy atom. The Kier molecular flexibility index (Phi) is 3.73. The molecule has 0 radical (unpaired) electrons. The van der Waals surface area contributed by atoms with Crippen LogP contribution in [0.5, 0.6) is 0 Å². The molecule has 0 amide bonds. The zero-order valence-electron chi connectivity index (χ0n) is 8.40. The minimum Gasteiger partial charge on any atom is -0.298 e. The highest BCUT2D eigenvalue weighted by atomic mass is 35.5. The van der Waals surface area contributed by atoms with Gasteiger partial charge in [-0.05, 0) is 13.0 Å². The molecule has 0 heterocycles. The molecule has 0 saturated carbocycles. The van der Waals surface area contributed by atoms with Crippen molar-refractivity contribution in [3.8, 4) is 0 Å². The zero-order valence-corrected chi connectivity index (χ0v) is 9.15. The van der Waals surface area contributed by atoms with Crippen LogP contribution < -0.4 is 0 Å². The van der Waals surface area contributed by atoms with Crippen LogP contribution in [0.1, 0.15) is 26.3 Å². The first-order valence-corrected chi connectivity index (χ1v) is 4.88. The molecule has 16 heavy (non-hydrogen) atoms. The van der Waals surface area contributed by atoms with Crippen molar-refractivity contribution in [2.75, 3.05) is 5.88 Å². The van der Waals surface area contributed by atoms with E-state index < -0.39 is 10.7 Å². The third kappa shape index (κ3) is 2.25. The van der Waals surface area contributed by atoms with E-state index in [1.807, 2.05) is 0 Å². The Morgan fingerprint density at radius 1 is 1.56 bits per heavy atom. The van der Waals surface area contributed by atoms with Gasteiger partial charge in [-0.25, -0.2) is 0 Å². The fraction of sp³-hybridized carbons (Fsp3) is 0.200. The maximum atomic E-state index is 11.4. The van der Waals surface area contributed by atoms with Gasteiger partial charge in [0, 0.05) is 22.8 Å². The van der Waals surface area contributed by atoms with Gasteiger partial charge in [-0.15, -0.1) is 11.6 Å². The standard InChI is InChI=1S/C10H8ClNO4/c1-6-2-7(5-13)8(10(14)4-11)3-9(6)12(15)16/h2-3,5H,4H2,1H3. The number of hydrogen-bond acceptors (Lipinski definition) is 4. The fourth-order valence-corrected chi connectivity index (χ4v) is 1.47. The molecule has 5 nitrogen and oxygen atoms in total. The maximum Gasteiger partial charge on any atom is 0.273 e. The second-order valence-electron chi connectivity index (χ2n) is 3.16. The monoisotopic (exact) mass is 241 g/mol. The number of aldehydes is 1. The summed E-state index contributed by atoms with van der Waals surface area (Å²) < 4.78 is 0. The number of alkyl halides is 1. The molecule has 0 fully saturated rings. The topological polar surface area (TPSA) is 77.3 Å². The van der Waals surface area contributed by atoms with E-state index in [1.165, 1.54) is 13.0 Å². The lowest BCUT2D eigenvalue weighted by Gasteiger charge is -2.04. The molecule has 1 rings (SSSR count). The Bertz CT molecular complexity index is 470. The number of nitro benzene ring substituents is 1. The van der Waals surface area contributed by atoms with Gasteiger partial charge in [-0.2, -0.15) is 0 Å². The molecule has 6 heteroatoms. The zero-order chi connectivity index (χ0) is 12.3. The Balaban J connectivity index is 3.46. The fourth-order valence-electron chi connectivity index (χ4n) is 1.33. The second kappa shape index (κ2) is 4.85. The van der Waals surface area contributed by atoms with Crippen LogP contribution in [0.2, 0.25) is 0 Å². The predicted octanol–water partition coefficient (Wildman–Crippen LogP) is 2.14. The molecule has 0 bridgehead atoms. The van der Waals surface area contributed by atoms with Gasteiger partial charge in [-0.1, -0.05) is 0 Å². The Hall–Kier alpha value is -1.75. The van der Waals surface area contributed by atoms with E-state index in [0.29, 0.717) is 11.8 Å². The van der Waals surface area contributed by atoms with Gasteiger partial charge in [0.25, 0.3) is 5.69 Å². The van der Waals surface area contributed by atoms with Crippen molar-refractivity contribution in [3.05, 3.63) is 38.9 Å². The molecule has 0 saturated heterocycles. The molecule has 0 aliphatic heterocycles. The summed E-state index contributed by atoms with van der Waals surface area (Å²) in [7, 11) is 0. The molecule has 84 valence electrons. The van der Waals surface area contributed by atoms with E-state index in [9.17, 15) is 19.7 Å². The van der Waals surface area contributed by atoms with E-state index in [0.717, 1.165) is 6.07 Å². The highest BCUT2D eigenvalue weighted by Crippen LogP contribution is 2.22. The molecule has 0 aliphatic carbocycles. The van der Waals surface area contributed by atoms with Crippen LogP contribution in [0.15, 0.2) is 12.1 Å².